The summed E-state index contributed by atoms with van der Waals surface area (Å²) in [6.07, 6.45) is 1.49. The summed E-state index contributed by atoms with van der Waals surface area (Å²) in [5.74, 6) is 0.777. The number of anilines is 1. The van der Waals surface area contributed by atoms with Crippen LogP contribution < -0.4 is 5.32 Å². The Kier molecular flexibility index (Phi) is 4.51. The number of methoxy groups -OCH3 is 1. The third-order valence-electron chi connectivity index (χ3n) is 3.51. The van der Waals surface area contributed by atoms with Gasteiger partial charge in [0.05, 0.1) is 11.6 Å². The Morgan fingerprint density at radius 1 is 1.14 bits per heavy atom. The monoisotopic (exact) mass is 313 g/mol. The van der Waals surface area contributed by atoms with Gasteiger partial charge in [-0.25, -0.2) is 9.97 Å². The maximum Gasteiger partial charge on any atom is 0.137 e. The standard InChI is InChI=1S/C17H16ClN3O/c1-22-16(12-5-3-2-4-6-12)10-19-17-14-8-7-13(18)9-15(14)20-11-21-17/h2-9,11,16H,10H2,1H3,(H,19,20,21). The fourth-order valence-corrected chi connectivity index (χ4v) is 2.53. The van der Waals surface area contributed by atoms with E-state index in [1.54, 1.807) is 7.11 Å². The van der Waals surface area contributed by atoms with Crippen molar-refractivity contribution in [3.05, 3.63) is 65.4 Å². The first-order valence-corrected chi connectivity index (χ1v) is 7.37. The number of rotatable bonds is 5. The quantitative estimate of drug-likeness (QED) is 0.771. The van der Waals surface area contributed by atoms with E-state index < -0.39 is 0 Å². The van der Waals surface area contributed by atoms with Gasteiger partial charge in [-0.2, -0.15) is 0 Å². The average Bonchev–Trinajstić information content (AvgIpc) is 2.56. The van der Waals surface area contributed by atoms with Gasteiger partial charge in [0.15, 0.2) is 0 Å². The van der Waals surface area contributed by atoms with Crippen LogP contribution in [-0.2, 0) is 4.74 Å². The molecule has 0 amide bonds. The van der Waals surface area contributed by atoms with Crippen LogP contribution in [0.4, 0.5) is 5.82 Å². The Balaban J connectivity index is 1.81. The number of aromatic nitrogens is 2. The first-order valence-electron chi connectivity index (χ1n) is 7.00. The van der Waals surface area contributed by atoms with Gasteiger partial charge in [-0.1, -0.05) is 41.9 Å². The van der Waals surface area contributed by atoms with E-state index in [-0.39, 0.29) is 6.10 Å². The Morgan fingerprint density at radius 3 is 2.73 bits per heavy atom. The van der Waals surface area contributed by atoms with Gasteiger partial charge in [0.1, 0.15) is 12.1 Å². The summed E-state index contributed by atoms with van der Waals surface area (Å²) in [6.45, 7) is 0.620. The SMILES string of the molecule is COC(CNc1ncnc2cc(Cl)ccc12)c1ccccc1. The lowest BCUT2D eigenvalue weighted by Crippen LogP contribution is -2.15. The van der Waals surface area contributed by atoms with Gasteiger partial charge in [0.2, 0.25) is 0 Å². The van der Waals surface area contributed by atoms with Crippen molar-refractivity contribution in [3.8, 4) is 0 Å². The molecule has 0 saturated heterocycles. The zero-order valence-corrected chi connectivity index (χ0v) is 12.9. The van der Waals surface area contributed by atoms with Gasteiger partial charge in [0, 0.05) is 24.1 Å². The van der Waals surface area contributed by atoms with Crippen LogP contribution in [-0.4, -0.2) is 23.6 Å². The van der Waals surface area contributed by atoms with Crippen molar-refractivity contribution in [2.24, 2.45) is 0 Å². The molecule has 0 aliphatic carbocycles. The maximum absolute atomic E-state index is 6.00. The lowest BCUT2D eigenvalue weighted by molar-refractivity contribution is 0.114. The Hall–Kier alpha value is -2.17. The summed E-state index contributed by atoms with van der Waals surface area (Å²) in [6, 6.07) is 15.7. The molecule has 22 heavy (non-hydrogen) atoms. The van der Waals surface area contributed by atoms with Gasteiger partial charge in [-0.15, -0.1) is 0 Å². The molecular weight excluding hydrogens is 298 g/mol. The van der Waals surface area contributed by atoms with E-state index in [2.05, 4.69) is 15.3 Å². The molecule has 1 aromatic heterocycles. The average molecular weight is 314 g/mol. The fraction of sp³-hybridized carbons (Fsp3) is 0.176. The highest BCUT2D eigenvalue weighted by molar-refractivity contribution is 6.31. The molecule has 3 rings (SSSR count). The predicted octanol–water partition coefficient (Wildman–Crippen LogP) is 4.08. The third-order valence-corrected chi connectivity index (χ3v) is 3.74. The van der Waals surface area contributed by atoms with Crippen LogP contribution in [0.15, 0.2) is 54.9 Å². The molecule has 0 radical (unpaired) electrons. The molecule has 4 nitrogen and oxygen atoms in total. The Bertz CT molecular complexity index is 764. The van der Waals surface area contributed by atoms with Gasteiger partial charge >= 0.3 is 0 Å². The molecule has 5 heteroatoms. The lowest BCUT2D eigenvalue weighted by atomic mass is 10.1. The van der Waals surface area contributed by atoms with Crippen molar-refractivity contribution < 1.29 is 4.74 Å². The minimum absolute atomic E-state index is 0.0430. The molecule has 0 fully saturated rings. The summed E-state index contributed by atoms with van der Waals surface area (Å²) < 4.78 is 5.56. The number of hydrogen-bond acceptors (Lipinski definition) is 4. The van der Waals surface area contributed by atoms with Crippen LogP contribution in [0.2, 0.25) is 5.02 Å². The molecule has 0 bridgehead atoms. The Morgan fingerprint density at radius 2 is 1.95 bits per heavy atom. The lowest BCUT2D eigenvalue weighted by Gasteiger charge is -2.17. The molecule has 1 N–H and O–H groups in total. The van der Waals surface area contributed by atoms with Crippen molar-refractivity contribution in [2.45, 2.75) is 6.10 Å². The molecule has 0 aliphatic rings. The van der Waals surface area contributed by atoms with Crippen LogP contribution >= 0.6 is 11.6 Å². The summed E-state index contributed by atoms with van der Waals surface area (Å²) >= 11 is 6.00. The van der Waals surface area contributed by atoms with E-state index in [9.17, 15) is 0 Å². The second-order valence-electron chi connectivity index (χ2n) is 4.90. The maximum atomic E-state index is 6.00. The van der Waals surface area contributed by atoms with Crippen LogP contribution in [0, 0.1) is 0 Å². The highest BCUT2D eigenvalue weighted by atomic mass is 35.5. The van der Waals surface area contributed by atoms with E-state index in [1.807, 2.05) is 48.5 Å². The zero-order valence-electron chi connectivity index (χ0n) is 12.2. The minimum Gasteiger partial charge on any atom is -0.375 e. The van der Waals surface area contributed by atoms with Gasteiger partial charge in [-0.05, 0) is 23.8 Å². The molecule has 0 aliphatic heterocycles. The van der Waals surface area contributed by atoms with Crippen molar-refractivity contribution >= 4 is 28.3 Å². The molecule has 2 aromatic carbocycles. The van der Waals surface area contributed by atoms with Crippen molar-refractivity contribution in [3.63, 3.8) is 0 Å². The molecule has 1 heterocycles. The van der Waals surface area contributed by atoms with Crippen LogP contribution in [0.25, 0.3) is 10.9 Å². The Labute approximate surface area is 134 Å². The van der Waals surface area contributed by atoms with Crippen molar-refractivity contribution in [1.29, 1.82) is 0 Å². The summed E-state index contributed by atoms with van der Waals surface area (Å²) in [5, 5.41) is 4.94. The topological polar surface area (TPSA) is 47.0 Å². The van der Waals surface area contributed by atoms with Crippen LogP contribution in [0.3, 0.4) is 0 Å². The summed E-state index contributed by atoms with van der Waals surface area (Å²) in [7, 11) is 1.71. The molecular formula is C17H16ClN3O. The number of benzene rings is 2. The number of halogens is 1. The number of fused-ring (bicyclic) bond motifs is 1. The molecule has 0 saturated carbocycles. The normalized spacial score (nSPS) is 12.3. The zero-order chi connectivity index (χ0) is 15.4. The fourth-order valence-electron chi connectivity index (χ4n) is 2.37. The third kappa shape index (κ3) is 3.18. The van der Waals surface area contributed by atoms with Crippen molar-refractivity contribution in [1.82, 2.24) is 9.97 Å². The number of nitrogens with one attached hydrogen (secondary N) is 1. The predicted molar refractivity (Wildman–Crippen MR) is 89.2 cm³/mol. The van der Waals surface area contributed by atoms with E-state index in [0.717, 1.165) is 22.3 Å². The minimum atomic E-state index is -0.0430. The second-order valence-corrected chi connectivity index (χ2v) is 5.34. The highest BCUT2D eigenvalue weighted by Crippen LogP contribution is 2.24. The van der Waals surface area contributed by atoms with E-state index in [0.29, 0.717) is 11.6 Å². The number of hydrogen-bond donors (Lipinski definition) is 1. The van der Waals surface area contributed by atoms with Crippen LogP contribution in [0.5, 0.6) is 0 Å². The molecule has 3 aromatic rings. The number of nitrogens with zero attached hydrogens (tertiary/aromatic N) is 2. The first kappa shape index (κ1) is 14.8. The van der Waals surface area contributed by atoms with E-state index in [1.165, 1.54) is 6.33 Å². The first-order chi connectivity index (χ1) is 10.8. The van der Waals surface area contributed by atoms with Crippen LogP contribution in [0.1, 0.15) is 11.7 Å². The van der Waals surface area contributed by atoms with Crippen molar-refractivity contribution in [2.75, 3.05) is 19.0 Å². The summed E-state index contributed by atoms with van der Waals surface area (Å²) in [4.78, 5) is 8.56. The van der Waals surface area contributed by atoms with Gasteiger partial charge in [-0.3, -0.25) is 0 Å². The smallest absolute Gasteiger partial charge is 0.137 e. The molecule has 0 spiro atoms. The van der Waals surface area contributed by atoms with E-state index >= 15 is 0 Å². The largest absolute Gasteiger partial charge is 0.375 e. The molecule has 1 atom stereocenters. The van der Waals surface area contributed by atoms with Gasteiger partial charge < -0.3 is 10.1 Å². The second kappa shape index (κ2) is 6.73. The molecule has 1 unspecified atom stereocenters. The van der Waals surface area contributed by atoms with E-state index in [4.69, 9.17) is 16.3 Å². The number of ether oxygens (including phenoxy) is 1. The van der Waals surface area contributed by atoms with Gasteiger partial charge in [0.25, 0.3) is 0 Å². The molecule has 112 valence electrons. The highest BCUT2D eigenvalue weighted by Gasteiger charge is 2.11. The summed E-state index contributed by atoms with van der Waals surface area (Å²) in [5.41, 5.74) is 1.94.